The van der Waals surface area contributed by atoms with Crippen LogP contribution in [0.15, 0.2) is 0 Å². The first-order valence-electron chi connectivity index (χ1n) is 6.22. The van der Waals surface area contributed by atoms with Crippen LogP contribution in [-0.4, -0.2) is 62.5 Å². The topological polar surface area (TPSA) is 40.6 Å². The third-order valence-electron chi connectivity index (χ3n) is 3.54. The van der Waals surface area contributed by atoms with E-state index < -0.39 is 22.2 Å². The number of likely N-dealkylation sites (tertiary alicyclic amines) is 2. The minimum Gasteiger partial charge on any atom is -0.298 e. The number of hydrogen-bond acceptors (Lipinski definition) is 4. The second-order valence-corrected chi connectivity index (χ2v) is 5.98. The Morgan fingerprint density at radius 1 is 1.29 bits per heavy atom. The van der Waals surface area contributed by atoms with Crippen molar-refractivity contribution in [1.29, 1.82) is 0 Å². The van der Waals surface area contributed by atoms with Gasteiger partial charge in [-0.05, 0) is 38.8 Å². The van der Waals surface area contributed by atoms with Gasteiger partial charge in [-0.25, -0.2) is 12.8 Å². The minimum absolute atomic E-state index is 0.389. The van der Waals surface area contributed by atoms with Crippen LogP contribution in [0, 0.1) is 6.42 Å². The van der Waals surface area contributed by atoms with Crippen molar-refractivity contribution in [2.45, 2.75) is 30.8 Å². The molecule has 0 amide bonds. The van der Waals surface area contributed by atoms with Gasteiger partial charge in [0.25, 0.3) is 0 Å². The average molecular weight is 263 g/mol. The molecule has 2 atom stereocenters. The highest BCUT2D eigenvalue weighted by atomic mass is 32.2. The third-order valence-corrected chi connectivity index (χ3v) is 4.52. The summed E-state index contributed by atoms with van der Waals surface area (Å²) in [5.74, 6) is 0. The molecule has 0 aromatic rings. The van der Waals surface area contributed by atoms with E-state index in [4.69, 9.17) is 0 Å². The van der Waals surface area contributed by atoms with Gasteiger partial charge in [0.15, 0.2) is 10.7 Å². The van der Waals surface area contributed by atoms with E-state index in [0.29, 0.717) is 26.1 Å². The number of rotatable bonds is 4. The van der Waals surface area contributed by atoms with Crippen LogP contribution in [0.4, 0.5) is 4.39 Å². The van der Waals surface area contributed by atoms with Crippen LogP contribution in [0.3, 0.4) is 0 Å². The number of alkyl halides is 1. The van der Waals surface area contributed by atoms with Gasteiger partial charge in [0.05, 0.1) is 0 Å². The lowest BCUT2D eigenvalue weighted by Gasteiger charge is -2.33. The Kier molecular flexibility index (Phi) is 4.76. The molecular weight excluding hydrogens is 243 g/mol. The summed E-state index contributed by atoms with van der Waals surface area (Å²) in [5, 5.41) is -0.441. The minimum atomic E-state index is -2.47. The Labute approximate surface area is 104 Å². The van der Waals surface area contributed by atoms with Crippen LogP contribution >= 0.6 is 0 Å². The zero-order valence-corrected chi connectivity index (χ0v) is 10.8. The summed E-state index contributed by atoms with van der Waals surface area (Å²) in [6, 6.07) is 0. The molecule has 2 aliphatic heterocycles. The molecule has 1 unspecified atom stereocenters. The fourth-order valence-electron chi connectivity index (χ4n) is 2.57. The maximum absolute atomic E-state index is 13.1. The molecule has 0 saturated carbocycles. The summed E-state index contributed by atoms with van der Waals surface area (Å²) in [5.41, 5.74) is 0. The van der Waals surface area contributed by atoms with E-state index in [1.54, 1.807) is 0 Å². The number of halogens is 1. The van der Waals surface area contributed by atoms with Crippen molar-refractivity contribution < 1.29 is 12.8 Å². The molecule has 0 aliphatic carbocycles. The Bertz CT molecular complexity index is 311. The van der Waals surface area contributed by atoms with E-state index in [0.717, 1.165) is 25.9 Å². The first-order chi connectivity index (χ1) is 8.16. The second kappa shape index (κ2) is 6.11. The van der Waals surface area contributed by atoms with E-state index in [1.165, 1.54) is 0 Å². The van der Waals surface area contributed by atoms with E-state index in [9.17, 15) is 12.8 Å². The molecule has 0 aromatic heterocycles. The van der Waals surface area contributed by atoms with E-state index in [-0.39, 0.29) is 0 Å². The summed E-state index contributed by atoms with van der Waals surface area (Å²) in [7, 11) is -2.47. The molecule has 2 rings (SSSR count). The molecule has 6 heteroatoms. The van der Waals surface area contributed by atoms with Gasteiger partial charge in [0, 0.05) is 19.6 Å². The van der Waals surface area contributed by atoms with Crippen molar-refractivity contribution in [3.8, 4) is 0 Å². The lowest BCUT2D eigenvalue weighted by molar-refractivity contribution is 0.182. The van der Waals surface area contributed by atoms with Crippen molar-refractivity contribution in [3.05, 3.63) is 6.42 Å². The molecule has 0 spiro atoms. The molecule has 2 heterocycles. The molecule has 1 radical (unpaired) electrons. The first-order valence-corrected chi connectivity index (χ1v) is 7.47. The second-order valence-electron chi connectivity index (χ2n) is 4.81. The predicted octanol–water partition coefficient (Wildman–Crippen LogP) is 0.268. The summed E-state index contributed by atoms with van der Waals surface area (Å²) in [6.45, 7) is 3.14. The van der Waals surface area contributed by atoms with Gasteiger partial charge >= 0.3 is 0 Å². The standard InChI is InChI=1S/C11H20FN2O2S/c12-10-4-7-13(8-10)9-11(17(15)16)14-5-2-1-3-6-14/h1,10-11,17H,2-9H2/t10-,11?/m1/s1. The van der Waals surface area contributed by atoms with Crippen molar-refractivity contribution >= 4 is 10.7 Å². The van der Waals surface area contributed by atoms with E-state index in [1.807, 2.05) is 9.80 Å². The van der Waals surface area contributed by atoms with Crippen molar-refractivity contribution in [2.75, 3.05) is 32.7 Å². The highest BCUT2D eigenvalue weighted by Crippen LogP contribution is 2.17. The van der Waals surface area contributed by atoms with E-state index in [2.05, 4.69) is 6.42 Å². The predicted molar refractivity (Wildman–Crippen MR) is 65.2 cm³/mol. The lowest BCUT2D eigenvalue weighted by Crippen LogP contribution is -2.46. The van der Waals surface area contributed by atoms with Gasteiger partial charge in [-0.3, -0.25) is 9.80 Å². The van der Waals surface area contributed by atoms with Crippen molar-refractivity contribution in [2.24, 2.45) is 0 Å². The number of thiol groups is 1. The number of hydrogen-bond donors (Lipinski definition) is 1. The molecule has 17 heavy (non-hydrogen) atoms. The van der Waals surface area contributed by atoms with Gasteiger partial charge < -0.3 is 0 Å². The van der Waals surface area contributed by atoms with Crippen LogP contribution in [0.2, 0.25) is 0 Å². The highest BCUT2D eigenvalue weighted by molar-refractivity contribution is 7.73. The highest BCUT2D eigenvalue weighted by Gasteiger charge is 2.29. The quantitative estimate of drug-likeness (QED) is 0.739. The van der Waals surface area contributed by atoms with E-state index >= 15 is 0 Å². The van der Waals surface area contributed by atoms with Crippen LogP contribution in [0.25, 0.3) is 0 Å². The van der Waals surface area contributed by atoms with Gasteiger partial charge in [-0.1, -0.05) is 0 Å². The first kappa shape index (κ1) is 13.2. The lowest BCUT2D eigenvalue weighted by atomic mass is 10.1. The fraction of sp³-hybridized carbons (Fsp3) is 0.909. The van der Waals surface area contributed by atoms with Gasteiger partial charge in [-0.15, -0.1) is 0 Å². The molecule has 2 saturated heterocycles. The molecule has 0 bridgehead atoms. The molecule has 0 aromatic carbocycles. The summed E-state index contributed by atoms with van der Waals surface area (Å²) in [4.78, 5) is 3.94. The molecular formula is C11H20FN2O2S. The molecule has 2 fully saturated rings. The van der Waals surface area contributed by atoms with Gasteiger partial charge in [0.1, 0.15) is 11.5 Å². The largest absolute Gasteiger partial charge is 0.298 e. The number of piperidine rings is 1. The van der Waals surface area contributed by atoms with Crippen LogP contribution in [0.5, 0.6) is 0 Å². The molecule has 0 N–H and O–H groups in total. The molecule has 2 aliphatic rings. The Hall–Kier alpha value is -0.200. The smallest absolute Gasteiger partial charge is 0.157 e. The molecule has 4 nitrogen and oxygen atoms in total. The zero-order chi connectivity index (χ0) is 12.3. The fourth-order valence-corrected chi connectivity index (χ4v) is 3.43. The van der Waals surface area contributed by atoms with Crippen molar-refractivity contribution in [3.63, 3.8) is 0 Å². The SMILES string of the molecule is O=[SH](=O)C(CN1CC[C@@H](F)C1)N1CC[CH]CC1. The van der Waals surface area contributed by atoms with Crippen LogP contribution in [0.1, 0.15) is 19.3 Å². The Balaban J connectivity index is 1.92. The molecule has 99 valence electrons. The Morgan fingerprint density at radius 2 is 2.00 bits per heavy atom. The van der Waals surface area contributed by atoms with Crippen LogP contribution < -0.4 is 0 Å². The summed E-state index contributed by atoms with van der Waals surface area (Å²) < 4.78 is 35.7. The summed E-state index contributed by atoms with van der Waals surface area (Å²) >= 11 is 0. The Morgan fingerprint density at radius 3 is 2.53 bits per heavy atom. The van der Waals surface area contributed by atoms with Crippen molar-refractivity contribution in [1.82, 2.24) is 9.80 Å². The average Bonchev–Trinajstić information content (AvgIpc) is 2.73. The monoisotopic (exact) mass is 263 g/mol. The van der Waals surface area contributed by atoms with Crippen LogP contribution in [-0.2, 0) is 10.7 Å². The maximum atomic E-state index is 13.1. The van der Waals surface area contributed by atoms with Gasteiger partial charge in [-0.2, -0.15) is 0 Å². The van der Waals surface area contributed by atoms with Gasteiger partial charge in [0.2, 0.25) is 0 Å². The third kappa shape index (κ3) is 3.63. The zero-order valence-electron chi connectivity index (χ0n) is 9.93. The number of nitrogens with zero attached hydrogens (tertiary/aromatic N) is 2. The summed E-state index contributed by atoms with van der Waals surface area (Å²) in [6.07, 6.45) is 3.85. The maximum Gasteiger partial charge on any atom is 0.157 e. The normalized spacial score (nSPS) is 29.9.